The number of hydrogen-bond donors (Lipinski definition) is 2. The molecule has 0 aromatic rings. The number of nitrogens with zero attached hydrogens (tertiary/aromatic N) is 2. The molecule has 2 N–H and O–H groups in total. The van der Waals surface area contributed by atoms with Crippen molar-refractivity contribution in [3.63, 3.8) is 0 Å². The van der Waals surface area contributed by atoms with Gasteiger partial charge in [0, 0.05) is 6.54 Å². The summed E-state index contributed by atoms with van der Waals surface area (Å²) in [7, 11) is 1.88. The number of aliphatic hydroxyl groups is 1. The molecule has 2 amide bonds. The molecule has 0 radical (unpaired) electrons. The summed E-state index contributed by atoms with van der Waals surface area (Å²) < 4.78 is 12.1. The highest BCUT2D eigenvalue weighted by Crippen LogP contribution is 2.61. The van der Waals surface area contributed by atoms with E-state index in [9.17, 15) is 14.7 Å². The van der Waals surface area contributed by atoms with E-state index < -0.39 is 17.2 Å². The molecule has 1 saturated heterocycles. The second kappa shape index (κ2) is 8.76. The lowest BCUT2D eigenvalue weighted by atomic mass is 9.50. The highest BCUT2D eigenvalue weighted by Gasteiger charge is 2.62. The van der Waals surface area contributed by atoms with Gasteiger partial charge in [0.25, 0.3) is 0 Å². The minimum Gasteiger partial charge on any atom is -0.444 e. The first-order valence-corrected chi connectivity index (χ1v) is 12.3. The monoisotopic (exact) mass is 451 g/mol. The fourth-order valence-corrected chi connectivity index (χ4v) is 7.21. The van der Waals surface area contributed by atoms with Gasteiger partial charge in [0.05, 0.1) is 30.5 Å². The molecule has 1 aliphatic heterocycles. The first-order valence-electron chi connectivity index (χ1n) is 12.3. The number of carbonyl (C=O) groups excluding carboxylic acids is 2. The molecule has 4 aliphatic carbocycles. The lowest BCUT2D eigenvalue weighted by Crippen LogP contribution is -2.68. The smallest absolute Gasteiger partial charge is 0.411 e. The Balaban J connectivity index is 1.62. The average molecular weight is 452 g/mol. The van der Waals surface area contributed by atoms with Crippen LogP contribution in [0.3, 0.4) is 0 Å². The highest BCUT2D eigenvalue weighted by atomic mass is 16.6. The van der Waals surface area contributed by atoms with Crippen molar-refractivity contribution in [3.05, 3.63) is 0 Å². The highest BCUT2D eigenvalue weighted by molar-refractivity contribution is 5.83. The lowest BCUT2D eigenvalue weighted by molar-refractivity contribution is -0.200. The van der Waals surface area contributed by atoms with Crippen molar-refractivity contribution < 1.29 is 24.2 Å². The molecule has 182 valence electrons. The minimum atomic E-state index is -0.632. The lowest BCUT2D eigenvalue weighted by Gasteiger charge is -2.64. The van der Waals surface area contributed by atoms with Gasteiger partial charge >= 0.3 is 6.09 Å². The van der Waals surface area contributed by atoms with Crippen LogP contribution in [0, 0.1) is 11.8 Å². The molecular weight excluding hydrogens is 410 g/mol. The maximum atomic E-state index is 13.5. The normalized spacial score (nSPS) is 35.9. The summed E-state index contributed by atoms with van der Waals surface area (Å²) in [6, 6.07) is 0. The third kappa shape index (κ3) is 4.64. The van der Waals surface area contributed by atoms with Gasteiger partial charge in [-0.2, -0.15) is 0 Å². The van der Waals surface area contributed by atoms with Crippen LogP contribution in [-0.2, 0) is 14.3 Å². The molecule has 8 nitrogen and oxygen atoms in total. The molecule has 5 atom stereocenters. The first-order chi connectivity index (χ1) is 15.1. The SMILES string of the molecule is CN[C@@H]1CCCN1C(=O)CN(C(=O)OC(C)(C)C)C12CC3C[C@H](CC(OCCO)(C3)C1)C2. The summed E-state index contributed by atoms with van der Waals surface area (Å²) in [5.74, 6) is 0.937. The van der Waals surface area contributed by atoms with E-state index in [0.717, 1.165) is 51.4 Å². The maximum Gasteiger partial charge on any atom is 0.411 e. The summed E-state index contributed by atoms with van der Waals surface area (Å²) in [6.07, 6.45) is 7.17. The summed E-state index contributed by atoms with van der Waals surface area (Å²) in [6.45, 7) is 6.68. The predicted octanol–water partition coefficient (Wildman–Crippen LogP) is 2.49. The second-order valence-electron chi connectivity index (χ2n) is 11.5. The zero-order valence-corrected chi connectivity index (χ0v) is 20.2. The molecule has 4 bridgehead atoms. The Morgan fingerprint density at radius 1 is 1.19 bits per heavy atom. The van der Waals surface area contributed by atoms with E-state index in [-0.39, 0.29) is 30.8 Å². The van der Waals surface area contributed by atoms with Crippen molar-refractivity contribution in [3.8, 4) is 0 Å². The van der Waals surface area contributed by atoms with Crippen LogP contribution in [-0.4, -0.2) is 83.2 Å². The Bertz CT molecular complexity index is 707. The van der Waals surface area contributed by atoms with E-state index in [1.165, 1.54) is 0 Å². The van der Waals surface area contributed by atoms with Crippen LogP contribution in [0.15, 0.2) is 0 Å². The van der Waals surface area contributed by atoms with Crippen LogP contribution >= 0.6 is 0 Å². The summed E-state index contributed by atoms with van der Waals surface area (Å²) >= 11 is 0. The van der Waals surface area contributed by atoms with Gasteiger partial charge < -0.3 is 24.8 Å². The van der Waals surface area contributed by atoms with Gasteiger partial charge in [-0.25, -0.2) is 4.79 Å². The Morgan fingerprint density at radius 3 is 2.47 bits per heavy atom. The number of nitrogens with one attached hydrogen (secondary N) is 1. The maximum absolute atomic E-state index is 13.5. The van der Waals surface area contributed by atoms with Crippen molar-refractivity contribution >= 4 is 12.0 Å². The standard InChI is InChI=1S/C24H41N3O5/c1-22(2,3)32-21(30)27(15-20(29)26-7-5-6-19(26)25-4)23-11-17-10-18(12-23)14-24(13-17,16-23)31-9-8-28/h17-19,25,28H,5-16H2,1-4H3/t17-,18?,19-,23?,24?/m0/s1. The molecule has 5 rings (SSSR count). The van der Waals surface area contributed by atoms with Crippen molar-refractivity contribution in [1.82, 2.24) is 15.1 Å². The molecule has 0 spiro atoms. The van der Waals surface area contributed by atoms with Gasteiger partial charge in [0.2, 0.25) is 5.91 Å². The average Bonchev–Trinajstić information content (AvgIpc) is 3.17. The number of amides is 2. The van der Waals surface area contributed by atoms with E-state index in [0.29, 0.717) is 25.0 Å². The van der Waals surface area contributed by atoms with Gasteiger partial charge in [0.15, 0.2) is 0 Å². The van der Waals surface area contributed by atoms with Crippen LogP contribution in [0.4, 0.5) is 4.79 Å². The van der Waals surface area contributed by atoms with Gasteiger partial charge in [-0.1, -0.05) is 0 Å². The fraction of sp³-hybridized carbons (Fsp3) is 0.917. The van der Waals surface area contributed by atoms with Crippen LogP contribution in [0.1, 0.15) is 72.1 Å². The van der Waals surface area contributed by atoms with E-state index in [1.54, 1.807) is 4.90 Å². The van der Waals surface area contributed by atoms with E-state index in [4.69, 9.17) is 9.47 Å². The number of likely N-dealkylation sites (tertiary alicyclic amines) is 1. The largest absolute Gasteiger partial charge is 0.444 e. The summed E-state index contributed by atoms with van der Waals surface area (Å²) in [4.78, 5) is 30.6. The van der Waals surface area contributed by atoms with E-state index in [1.807, 2.05) is 32.7 Å². The van der Waals surface area contributed by atoms with Crippen molar-refractivity contribution in [2.24, 2.45) is 11.8 Å². The molecule has 1 heterocycles. The minimum absolute atomic E-state index is 0.00127. The fourth-order valence-electron chi connectivity index (χ4n) is 7.21. The molecule has 0 aromatic heterocycles. The predicted molar refractivity (Wildman–Crippen MR) is 120 cm³/mol. The quantitative estimate of drug-likeness (QED) is 0.618. The Morgan fingerprint density at radius 2 is 1.88 bits per heavy atom. The Hall–Kier alpha value is -1.38. The van der Waals surface area contributed by atoms with Gasteiger partial charge in [-0.3, -0.25) is 9.69 Å². The number of ether oxygens (including phenoxy) is 2. The molecular formula is C24H41N3O5. The summed E-state index contributed by atoms with van der Waals surface area (Å²) in [5, 5.41) is 12.6. The molecule has 8 heteroatoms. The molecule has 4 saturated carbocycles. The Kier molecular flexibility index (Phi) is 6.51. The zero-order chi connectivity index (χ0) is 23.1. The van der Waals surface area contributed by atoms with E-state index >= 15 is 0 Å². The number of carbonyl (C=O) groups is 2. The van der Waals surface area contributed by atoms with Crippen LogP contribution in [0.2, 0.25) is 0 Å². The Labute approximate surface area is 192 Å². The van der Waals surface area contributed by atoms with Crippen molar-refractivity contribution in [2.75, 3.05) is 33.4 Å². The van der Waals surface area contributed by atoms with Crippen molar-refractivity contribution in [2.45, 2.75) is 95.0 Å². The molecule has 32 heavy (non-hydrogen) atoms. The third-order valence-electron chi connectivity index (χ3n) is 7.86. The molecule has 3 unspecified atom stereocenters. The van der Waals surface area contributed by atoms with Gasteiger partial charge in [-0.05, 0) is 91.0 Å². The van der Waals surface area contributed by atoms with Gasteiger partial charge in [0.1, 0.15) is 12.1 Å². The number of rotatable bonds is 7. The molecule has 0 aromatic carbocycles. The first kappa shape index (κ1) is 23.8. The number of aliphatic hydroxyl groups excluding tert-OH is 1. The topological polar surface area (TPSA) is 91.3 Å². The van der Waals surface area contributed by atoms with Crippen LogP contribution < -0.4 is 5.32 Å². The van der Waals surface area contributed by atoms with E-state index in [2.05, 4.69) is 5.32 Å². The van der Waals surface area contributed by atoms with Crippen molar-refractivity contribution in [1.29, 1.82) is 0 Å². The number of hydrogen-bond acceptors (Lipinski definition) is 6. The third-order valence-corrected chi connectivity index (χ3v) is 7.86. The van der Waals surface area contributed by atoms with Crippen LogP contribution in [0.5, 0.6) is 0 Å². The molecule has 5 fully saturated rings. The zero-order valence-electron chi connectivity index (χ0n) is 20.2. The van der Waals surface area contributed by atoms with Gasteiger partial charge in [-0.15, -0.1) is 0 Å². The summed E-state index contributed by atoms with van der Waals surface area (Å²) in [5.41, 5.74) is -1.36. The second-order valence-corrected chi connectivity index (χ2v) is 11.5. The molecule has 5 aliphatic rings. The van der Waals surface area contributed by atoms with Crippen LogP contribution in [0.25, 0.3) is 0 Å².